The molecule has 1 aliphatic carbocycles. The third-order valence-corrected chi connectivity index (χ3v) is 7.94. The fraction of sp³-hybridized carbons (Fsp3) is 0.636. The number of carbonyl (C=O) groups is 1. The van der Waals surface area contributed by atoms with Gasteiger partial charge in [0.05, 0.1) is 17.9 Å². The predicted molar refractivity (Wildman–Crippen MR) is 120 cm³/mol. The first-order valence-electron chi connectivity index (χ1n) is 10.9. The minimum absolute atomic E-state index is 0.0700. The summed E-state index contributed by atoms with van der Waals surface area (Å²) in [6.07, 6.45) is 10.1. The highest BCUT2D eigenvalue weighted by Gasteiger charge is 2.34. The SMILES string of the molecule is CN1CN(C2CCCCC2)c2c(cnc3c2ccn3COCC[Si](C)(C)C)C1=O. The maximum absolute atomic E-state index is 12.8. The molecular weight excluding hydrogens is 380 g/mol. The molecule has 1 fully saturated rings. The molecule has 0 bridgehead atoms. The van der Waals surface area contributed by atoms with Crippen LogP contribution in [0.1, 0.15) is 42.5 Å². The number of nitrogens with zero attached hydrogens (tertiary/aromatic N) is 4. The second kappa shape index (κ2) is 8.11. The molecule has 7 heteroatoms. The summed E-state index contributed by atoms with van der Waals surface area (Å²) in [7, 11) is 0.798. The molecule has 4 rings (SSSR count). The van der Waals surface area contributed by atoms with E-state index in [0.717, 1.165) is 34.9 Å². The molecule has 29 heavy (non-hydrogen) atoms. The molecule has 2 aliphatic rings. The van der Waals surface area contributed by atoms with Crippen molar-refractivity contribution in [3.8, 4) is 0 Å². The molecule has 0 N–H and O–H groups in total. The summed E-state index contributed by atoms with van der Waals surface area (Å²) in [5, 5.41) is 1.07. The molecule has 3 heterocycles. The Balaban J connectivity index is 1.63. The van der Waals surface area contributed by atoms with Crippen LogP contribution >= 0.6 is 0 Å². The zero-order valence-corrected chi connectivity index (χ0v) is 19.3. The van der Waals surface area contributed by atoms with E-state index in [1.54, 1.807) is 6.20 Å². The van der Waals surface area contributed by atoms with Crippen molar-refractivity contribution in [3.63, 3.8) is 0 Å². The minimum Gasteiger partial charge on any atom is -0.361 e. The zero-order chi connectivity index (χ0) is 20.6. The highest BCUT2D eigenvalue weighted by atomic mass is 28.3. The lowest BCUT2D eigenvalue weighted by atomic mass is 9.92. The summed E-state index contributed by atoms with van der Waals surface area (Å²) >= 11 is 0. The van der Waals surface area contributed by atoms with Gasteiger partial charge in [0.1, 0.15) is 12.4 Å². The molecule has 1 saturated carbocycles. The number of rotatable bonds is 6. The fourth-order valence-electron chi connectivity index (χ4n) is 4.50. The van der Waals surface area contributed by atoms with Gasteiger partial charge in [-0.3, -0.25) is 4.79 Å². The molecule has 2 aromatic rings. The Morgan fingerprint density at radius 1 is 1.21 bits per heavy atom. The summed E-state index contributed by atoms with van der Waals surface area (Å²) < 4.78 is 8.03. The van der Waals surface area contributed by atoms with Gasteiger partial charge < -0.3 is 19.1 Å². The van der Waals surface area contributed by atoms with Gasteiger partial charge in [0, 0.05) is 45.6 Å². The van der Waals surface area contributed by atoms with Crippen molar-refractivity contribution in [2.24, 2.45) is 0 Å². The molecule has 0 radical (unpaired) electrons. The third-order valence-electron chi connectivity index (χ3n) is 6.23. The quantitative estimate of drug-likeness (QED) is 0.515. The van der Waals surface area contributed by atoms with Crippen LogP contribution in [0.3, 0.4) is 0 Å². The van der Waals surface area contributed by atoms with Gasteiger partial charge in [0.15, 0.2) is 0 Å². The van der Waals surface area contributed by atoms with E-state index in [1.165, 1.54) is 32.1 Å². The van der Waals surface area contributed by atoms with Crippen LogP contribution < -0.4 is 4.90 Å². The number of carbonyl (C=O) groups excluding carboxylic acids is 1. The molecule has 6 nitrogen and oxygen atoms in total. The molecular formula is C22H34N4O2Si. The Labute approximate surface area is 174 Å². The first-order chi connectivity index (χ1) is 13.8. The van der Waals surface area contributed by atoms with Gasteiger partial charge in [-0.05, 0) is 25.0 Å². The van der Waals surface area contributed by atoms with Crippen molar-refractivity contribution in [1.29, 1.82) is 0 Å². The van der Waals surface area contributed by atoms with Crippen molar-refractivity contribution < 1.29 is 9.53 Å². The zero-order valence-electron chi connectivity index (χ0n) is 18.3. The standard InChI is InChI=1S/C22H34N4O2Si/c1-24-15-26(17-8-6-5-7-9-17)20-18-10-11-25(16-28-12-13-29(2,3)4)21(18)23-14-19(20)22(24)27/h10-11,14,17H,5-9,12-13,15-16H2,1-4H3. The topological polar surface area (TPSA) is 50.6 Å². The van der Waals surface area contributed by atoms with Gasteiger partial charge in [0.25, 0.3) is 5.91 Å². The minimum atomic E-state index is -1.09. The lowest BCUT2D eigenvalue weighted by Crippen LogP contribution is -2.50. The van der Waals surface area contributed by atoms with E-state index < -0.39 is 8.07 Å². The first-order valence-corrected chi connectivity index (χ1v) is 14.6. The largest absolute Gasteiger partial charge is 0.361 e. The first kappa shape index (κ1) is 20.4. The number of ether oxygens (including phenoxy) is 1. The van der Waals surface area contributed by atoms with Crippen molar-refractivity contribution in [2.75, 3.05) is 25.2 Å². The predicted octanol–water partition coefficient (Wildman–Crippen LogP) is 4.53. The van der Waals surface area contributed by atoms with Crippen LogP contribution in [0.25, 0.3) is 11.0 Å². The van der Waals surface area contributed by atoms with E-state index in [2.05, 4.69) is 40.2 Å². The van der Waals surface area contributed by atoms with Gasteiger partial charge in [-0.15, -0.1) is 0 Å². The normalized spacial score (nSPS) is 18.6. The van der Waals surface area contributed by atoms with Crippen LogP contribution in [-0.4, -0.2) is 54.8 Å². The Hall–Kier alpha value is -1.86. The number of aromatic nitrogens is 2. The van der Waals surface area contributed by atoms with Crippen molar-refractivity contribution in [3.05, 3.63) is 24.0 Å². The molecule has 0 spiro atoms. The third kappa shape index (κ3) is 4.21. The second-order valence-electron chi connectivity index (χ2n) is 9.80. The number of hydrogen-bond acceptors (Lipinski definition) is 4. The number of fused-ring (bicyclic) bond motifs is 3. The number of hydrogen-bond donors (Lipinski definition) is 0. The Bertz CT molecular complexity index is 883. The van der Waals surface area contributed by atoms with Crippen molar-refractivity contribution in [1.82, 2.24) is 14.5 Å². The molecule has 1 aliphatic heterocycles. The van der Waals surface area contributed by atoms with E-state index in [-0.39, 0.29) is 5.91 Å². The van der Waals surface area contributed by atoms with Crippen LogP contribution in [0.4, 0.5) is 5.69 Å². The molecule has 0 saturated heterocycles. The fourth-order valence-corrected chi connectivity index (χ4v) is 5.25. The summed E-state index contributed by atoms with van der Waals surface area (Å²) in [4.78, 5) is 21.8. The number of anilines is 1. The molecule has 0 atom stereocenters. The van der Waals surface area contributed by atoms with Gasteiger partial charge in [0.2, 0.25) is 0 Å². The summed E-state index contributed by atoms with van der Waals surface area (Å²) in [5.41, 5.74) is 2.72. The molecule has 1 amide bonds. The number of amides is 1. The van der Waals surface area contributed by atoms with E-state index >= 15 is 0 Å². The molecule has 2 aromatic heterocycles. The van der Waals surface area contributed by atoms with Crippen LogP contribution in [0.2, 0.25) is 25.7 Å². The van der Waals surface area contributed by atoms with Gasteiger partial charge in [-0.25, -0.2) is 4.98 Å². The monoisotopic (exact) mass is 414 g/mol. The Kier molecular flexibility index (Phi) is 5.71. The average molecular weight is 415 g/mol. The van der Waals surface area contributed by atoms with Crippen LogP contribution in [0.5, 0.6) is 0 Å². The smallest absolute Gasteiger partial charge is 0.258 e. The van der Waals surface area contributed by atoms with E-state index in [0.29, 0.717) is 19.4 Å². The Morgan fingerprint density at radius 3 is 2.69 bits per heavy atom. The van der Waals surface area contributed by atoms with Crippen molar-refractivity contribution in [2.45, 2.75) is 70.6 Å². The van der Waals surface area contributed by atoms with Gasteiger partial charge in [-0.1, -0.05) is 38.9 Å². The molecule has 0 aromatic carbocycles. The van der Waals surface area contributed by atoms with Gasteiger partial charge >= 0.3 is 0 Å². The van der Waals surface area contributed by atoms with Crippen LogP contribution in [0.15, 0.2) is 18.5 Å². The lowest BCUT2D eigenvalue weighted by Gasteiger charge is -2.42. The lowest BCUT2D eigenvalue weighted by molar-refractivity contribution is 0.0775. The van der Waals surface area contributed by atoms with Crippen molar-refractivity contribution >= 4 is 30.7 Å². The summed E-state index contributed by atoms with van der Waals surface area (Å²) in [5.74, 6) is 0.0700. The molecule has 0 unspecified atom stereocenters. The summed E-state index contributed by atoms with van der Waals surface area (Å²) in [6.45, 7) is 9.05. The van der Waals surface area contributed by atoms with E-state index in [9.17, 15) is 4.79 Å². The van der Waals surface area contributed by atoms with Gasteiger partial charge in [-0.2, -0.15) is 0 Å². The maximum atomic E-state index is 12.8. The van der Waals surface area contributed by atoms with E-state index in [1.807, 2.05) is 18.1 Å². The average Bonchev–Trinajstić information content (AvgIpc) is 3.11. The summed E-state index contributed by atoms with van der Waals surface area (Å²) in [6, 6.07) is 3.77. The Morgan fingerprint density at radius 2 is 1.97 bits per heavy atom. The number of pyridine rings is 1. The molecule has 158 valence electrons. The maximum Gasteiger partial charge on any atom is 0.258 e. The highest BCUT2D eigenvalue weighted by Crippen LogP contribution is 2.38. The van der Waals surface area contributed by atoms with Crippen LogP contribution in [0, 0.1) is 0 Å². The second-order valence-corrected chi connectivity index (χ2v) is 15.4. The van der Waals surface area contributed by atoms with E-state index in [4.69, 9.17) is 4.74 Å². The van der Waals surface area contributed by atoms with Crippen LogP contribution in [-0.2, 0) is 11.5 Å². The highest BCUT2D eigenvalue weighted by molar-refractivity contribution is 6.76.